The van der Waals surface area contributed by atoms with E-state index < -0.39 is 12.1 Å². The molecule has 0 saturated heterocycles. The number of hydrogen-bond acceptors (Lipinski definition) is 7. The summed E-state index contributed by atoms with van der Waals surface area (Å²) in [6.45, 7) is 0.896. The topological polar surface area (TPSA) is 103 Å². The molecule has 1 aliphatic heterocycles. The van der Waals surface area contributed by atoms with Gasteiger partial charge in [0.25, 0.3) is 0 Å². The van der Waals surface area contributed by atoms with Gasteiger partial charge < -0.3 is 24.9 Å². The first-order valence-electron chi connectivity index (χ1n) is 7.08. The third kappa shape index (κ3) is 4.20. The molecular formula is C15H15N4NaO3S. The maximum Gasteiger partial charge on any atom is 1.00 e. The third-order valence-corrected chi connectivity index (χ3v) is 4.50. The number of hydrogen-bond donors (Lipinski definition) is 2. The van der Waals surface area contributed by atoms with E-state index in [1.165, 1.54) is 17.8 Å². The molecule has 1 aromatic heterocycles. The molecule has 0 amide bonds. The van der Waals surface area contributed by atoms with Gasteiger partial charge in [-0.15, -0.1) is 11.8 Å². The Morgan fingerprint density at radius 1 is 1.46 bits per heavy atom. The van der Waals surface area contributed by atoms with Crippen molar-refractivity contribution >= 4 is 29.9 Å². The number of carboxylic acid groups (broad SMARTS) is 1. The van der Waals surface area contributed by atoms with Crippen molar-refractivity contribution < 1.29 is 44.6 Å². The van der Waals surface area contributed by atoms with Crippen LogP contribution in [0.15, 0.2) is 40.5 Å². The number of aromatic carboxylic acids is 1. The number of thioether (sulfide) groups is 1. The number of benzene rings is 1. The van der Waals surface area contributed by atoms with Crippen LogP contribution in [-0.4, -0.2) is 39.3 Å². The van der Waals surface area contributed by atoms with Crippen LogP contribution in [0.1, 0.15) is 22.2 Å². The summed E-state index contributed by atoms with van der Waals surface area (Å²) in [5.74, 6) is 0.195. The molecule has 0 aliphatic carbocycles. The van der Waals surface area contributed by atoms with Gasteiger partial charge in [0.05, 0.1) is 25.2 Å². The Kier molecular flexibility index (Phi) is 6.88. The van der Waals surface area contributed by atoms with Crippen molar-refractivity contribution in [2.24, 2.45) is 4.99 Å². The summed E-state index contributed by atoms with van der Waals surface area (Å²) in [5.41, 5.74) is 0.769. The standard InChI is InChI=1S/C15H16N4O3S.Na/c20-11-7-16-8-17-14-13(11)18-9-19(14)5-6-23-12-4-2-1-3-10(12)15(21)22;/h1-4,8-9,11,20H,5-7H2,(H,16,17)(H,21,22);/q;+1/p-1. The largest absolute Gasteiger partial charge is 1.00 e. The molecular weight excluding hydrogens is 339 g/mol. The van der Waals surface area contributed by atoms with Gasteiger partial charge in [-0.1, -0.05) is 18.2 Å². The first-order chi connectivity index (χ1) is 11.2. The van der Waals surface area contributed by atoms with Crippen molar-refractivity contribution in [1.82, 2.24) is 9.55 Å². The summed E-state index contributed by atoms with van der Waals surface area (Å²) in [6, 6.07) is 6.77. The zero-order valence-corrected chi connectivity index (χ0v) is 16.0. The molecule has 0 saturated carbocycles. The van der Waals surface area contributed by atoms with Crippen LogP contribution in [0.5, 0.6) is 0 Å². The van der Waals surface area contributed by atoms with Crippen LogP contribution in [-0.2, 0) is 6.54 Å². The van der Waals surface area contributed by atoms with Crippen molar-refractivity contribution in [2.45, 2.75) is 17.5 Å². The van der Waals surface area contributed by atoms with Crippen LogP contribution in [0.25, 0.3) is 0 Å². The summed E-state index contributed by atoms with van der Waals surface area (Å²) >= 11 is 1.44. The number of carbonyl (C=O) groups is 1. The minimum Gasteiger partial charge on any atom is -0.545 e. The predicted molar refractivity (Wildman–Crippen MR) is 85.7 cm³/mol. The van der Waals surface area contributed by atoms with Crippen molar-refractivity contribution in [3.8, 4) is 0 Å². The SMILES string of the molecule is O=C([O-])c1ccccc1SCCn1cnc2c1NC=NCC2O.[Na+]. The van der Waals surface area contributed by atoms with Crippen molar-refractivity contribution in [3.05, 3.63) is 41.9 Å². The normalized spacial score (nSPS) is 15.8. The number of aliphatic hydroxyl groups excluding tert-OH is 1. The molecule has 1 unspecified atom stereocenters. The van der Waals surface area contributed by atoms with Gasteiger partial charge in [-0.3, -0.25) is 4.99 Å². The zero-order valence-electron chi connectivity index (χ0n) is 13.2. The number of rotatable bonds is 5. The maximum absolute atomic E-state index is 11.1. The average Bonchev–Trinajstić information content (AvgIpc) is 2.85. The van der Waals surface area contributed by atoms with E-state index in [2.05, 4.69) is 15.3 Å². The number of nitrogens with zero attached hydrogens (tertiary/aromatic N) is 3. The molecule has 3 rings (SSSR count). The van der Waals surface area contributed by atoms with Gasteiger partial charge in [-0.2, -0.15) is 0 Å². The number of fused-ring (bicyclic) bond motifs is 1. The molecule has 7 nitrogen and oxygen atoms in total. The predicted octanol–water partition coefficient (Wildman–Crippen LogP) is -2.47. The van der Waals surface area contributed by atoms with Crippen molar-refractivity contribution in [2.75, 3.05) is 17.6 Å². The number of carbonyl (C=O) groups excluding carboxylic acids is 1. The molecule has 2 heterocycles. The number of aliphatic imine (C=N–C) groups is 1. The first kappa shape index (κ1) is 19.0. The van der Waals surface area contributed by atoms with E-state index in [1.54, 1.807) is 30.9 Å². The molecule has 9 heteroatoms. The number of anilines is 1. The van der Waals surface area contributed by atoms with Gasteiger partial charge >= 0.3 is 29.6 Å². The minimum atomic E-state index is -1.18. The minimum absolute atomic E-state index is 0. The Bertz CT molecular complexity index is 750. The number of nitrogens with one attached hydrogen (secondary N) is 1. The Labute approximate surface area is 165 Å². The Morgan fingerprint density at radius 2 is 2.25 bits per heavy atom. The summed E-state index contributed by atoms with van der Waals surface area (Å²) in [5, 5.41) is 24.1. The Hall–Kier alpha value is -1.32. The summed E-state index contributed by atoms with van der Waals surface area (Å²) < 4.78 is 1.88. The van der Waals surface area contributed by atoms with E-state index in [1.807, 2.05) is 4.57 Å². The zero-order chi connectivity index (χ0) is 16.2. The summed E-state index contributed by atoms with van der Waals surface area (Å²) in [4.78, 5) is 20.0. The maximum atomic E-state index is 11.1. The molecule has 1 atom stereocenters. The van der Waals surface area contributed by atoms with Crippen LogP contribution >= 0.6 is 11.8 Å². The molecule has 2 aromatic rings. The van der Waals surface area contributed by atoms with Crippen LogP contribution in [0.4, 0.5) is 5.82 Å². The summed E-state index contributed by atoms with van der Waals surface area (Å²) in [7, 11) is 0. The van der Waals surface area contributed by atoms with Gasteiger partial charge in [0.2, 0.25) is 0 Å². The van der Waals surface area contributed by atoms with Gasteiger partial charge in [-0.25, -0.2) is 4.98 Å². The molecule has 0 fully saturated rings. The monoisotopic (exact) mass is 354 g/mol. The van der Waals surface area contributed by atoms with E-state index in [-0.39, 0.29) is 41.7 Å². The molecule has 2 N–H and O–H groups in total. The van der Waals surface area contributed by atoms with E-state index in [9.17, 15) is 15.0 Å². The quantitative estimate of drug-likeness (QED) is 0.456. The number of carboxylic acids is 1. The van der Waals surface area contributed by atoms with Gasteiger partial charge in [0.15, 0.2) is 0 Å². The molecule has 0 bridgehead atoms. The fourth-order valence-electron chi connectivity index (χ4n) is 2.33. The number of aliphatic hydroxyl groups is 1. The number of imidazole rings is 1. The molecule has 0 radical (unpaired) electrons. The van der Waals surface area contributed by atoms with Crippen molar-refractivity contribution in [1.29, 1.82) is 0 Å². The fourth-order valence-corrected chi connectivity index (χ4v) is 3.32. The molecule has 120 valence electrons. The van der Waals surface area contributed by atoms with Gasteiger partial charge in [0.1, 0.15) is 17.6 Å². The van der Waals surface area contributed by atoms with Crippen LogP contribution in [0.3, 0.4) is 0 Å². The fraction of sp³-hybridized carbons (Fsp3) is 0.267. The summed E-state index contributed by atoms with van der Waals surface area (Å²) in [6.07, 6.45) is 2.49. The van der Waals surface area contributed by atoms with Crippen LogP contribution < -0.4 is 40.0 Å². The third-order valence-electron chi connectivity index (χ3n) is 3.45. The van der Waals surface area contributed by atoms with Crippen molar-refractivity contribution in [3.63, 3.8) is 0 Å². The molecule has 24 heavy (non-hydrogen) atoms. The van der Waals surface area contributed by atoms with E-state index in [0.717, 1.165) is 0 Å². The second-order valence-corrected chi connectivity index (χ2v) is 6.10. The average molecular weight is 354 g/mol. The van der Waals surface area contributed by atoms with E-state index in [0.29, 0.717) is 28.7 Å². The van der Waals surface area contributed by atoms with E-state index >= 15 is 0 Å². The number of aromatic nitrogens is 2. The van der Waals surface area contributed by atoms with Gasteiger partial charge in [-0.05, 0) is 6.07 Å². The number of aryl methyl sites for hydroxylation is 1. The molecule has 0 spiro atoms. The van der Waals surface area contributed by atoms with Crippen LogP contribution in [0.2, 0.25) is 0 Å². The molecule has 1 aliphatic rings. The first-order valence-corrected chi connectivity index (χ1v) is 8.06. The van der Waals surface area contributed by atoms with Gasteiger partial charge in [0, 0.05) is 22.8 Å². The Balaban J connectivity index is 0.00000208. The Morgan fingerprint density at radius 3 is 3.04 bits per heavy atom. The second-order valence-electron chi connectivity index (χ2n) is 4.96. The second kappa shape index (κ2) is 8.68. The van der Waals surface area contributed by atoms with E-state index in [4.69, 9.17) is 0 Å². The molecule has 1 aromatic carbocycles. The smallest absolute Gasteiger partial charge is 0.545 e. The van der Waals surface area contributed by atoms with Crippen LogP contribution in [0, 0.1) is 0 Å².